The van der Waals surface area contributed by atoms with Crippen LogP contribution in [-0.4, -0.2) is 18.7 Å². The number of hydrogen-bond acceptors (Lipinski definition) is 1. The fourth-order valence-corrected chi connectivity index (χ4v) is 2.85. The monoisotopic (exact) mass is 232 g/mol. The van der Waals surface area contributed by atoms with Gasteiger partial charge in [0.2, 0.25) is 0 Å². The van der Waals surface area contributed by atoms with E-state index in [9.17, 15) is 0 Å². The summed E-state index contributed by atoms with van der Waals surface area (Å²) in [6.45, 7) is 0.913. The summed E-state index contributed by atoms with van der Waals surface area (Å²) in [6.07, 6.45) is 3.69. The maximum atomic E-state index is 5.71. The van der Waals surface area contributed by atoms with Crippen molar-refractivity contribution in [3.63, 3.8) is 0 Å². The molecular formula is C6H11Cl3OSi. The lowest BCUT2D eigenvalue weighted by atomic mass is 10.1. The van der Waals surface area contributed by atoms with Crippen LogP contribution in [-0.2, 0) is 4.74 Å². The van der Waals surface area contributed by atoms with Gasteiger partial charge in [-0.05, 0) is 25.3 Å². The third kappa shape index (κ3) is 4.58. The Balaban J connectivity index is 1.95. The summed E-state index contributed by atoms with van der Waals surface area (Å²) >= 11 is 17.1. The van der Waals surface area contributed by atoms with E-state index < -0.39 is 6.00 Å². The van der Waals surface area contributed by atoms with E-state index in [0.29, 0.717) is 6.10 Å². The first kappa shape index (κ1) is 10.1. The standard InChI is InChI=1S/C6H11Cl3OSi/c7-11(8,9)5-1-2-6-3-4-10-6/h6H,1-5H2. The minimum Gasteiger partial charge on any atom is -0.378 e. The Bertz CT molecular complexity index is 121. The fraction of sp³-hybridized carbons (Fsp3) is 1.00. The molecule has 0 bridgehead atoms. The smallest absolute Gasteiger partial charge is 0.341 e. The summed E-state index contributed by atoms with van der Waals surface area (Å²) in [4.78, 5) is 0. The van der Waals surface area contributed by atoms with Crippen LogP contribution in [0.15, 0.2) is 0 Å². The predicted molar refractivity (Wildman–Crippen MR) is 51.7 cm³/mol. The number of rotatable bonds is 4. The second-order valence-electron chi connectivity index (χ2n) is 2.79. The lowest BCUT2D eigenvalue weighted by molar-refractivity contribution is -0.0546. The Kier molecular flexibility index (Phi) is 3.99. The molecule has 1 saturated heterocycles. The van der Waals surface area contributed by atoms with Crippen LogP contribution >= 0.6 is 33.2 Å². The van der Waals surface area contributed by atoms with Gasteiger partial charge in [-0.15, -0.1) is 33.2 Å². The van der Waals surface area contributed by atoms with Crippen molar-refractivity contribution in [3.05, 3.63) is 0 Å². The lowest BCUT2D eigenvalue weighted by Gasteiger charge is -2.26. The van der Waals surface area contributed by atoms with Crippen LogP contribution in [0.3, 0.4) is 0 Å². The SMILES string of the molecule is Cl[Si](Cl)(Cl)CCCC1CCO1. The molecule has 0 saturated carbocycles. The highest BCUT2D eigenvalue weighted by Gasteiger charge is 2.25. The van der Waals surface area contributed by atoms with Crippen LogP contribution in [0.25, 0.3) is 0 Å². The van der Waals surface area contributed by atoms with Crippen molar-refractivity contribution in [2.24, 2.45) is 0 Å². The van der Waals surface area contributed by atoms with Gasteiger partial charge < -0.3 is 4.74 Å². The minimum atomic E-state index is -2.35. The number of ether oxygens (including phenoxy) is 1. The van der Waals surface area contributed by atoms with Gasteiger partial charge in [-0.3, -0.25) is 0 Å². The highest BCUT2D eigenvalue weighted by molar-refractivity contribution is 7.64. The van der Waals surface area contributed by atoms with Crippen LogP contribution in [0.4, 0.5) is 0 Å². The molecule has 0 aromatic heterocycles. The van der Waals surface area contributed by atoms with E-state index in [1.165, 1.54) is 6.42 Å². The van der Waals surface area contributed by atoms with Crippen LogP contribution in [0.5, 0.6) is 0 Å². The third-order valence-electron chi connectivity index (χ3n) is 1.78. The molecule has 1 rings (SSSR count). The molecule has 11 heavy (non-hydrogen) atoms. The Morgan fingerprint density at radius 3 is 2.36 bits per heavy atom. The van der Waals surface area contributed by atoms with Crippen molar-refractivity contribution >= 4 is 39.2 Å². The maximum Gasteiger partial charge on any atom is 0.341 e. The van der Waals surface area contributed by atoms with Gasteiger partial charge in [-0.1, -0.05) is 0 Å². The summed E-state index contributed by atoms with van der Waals surface area (Å²) in [5.41, 5.74) is 0. The van der Waals surface area contributed by atoms with Gasteiger partial charge in [0.05, 0.1) is 6.10 Å². The zero-order valence-corrected chi connectivity index (χ0v) is 9.42. The number of halogens is 3. The first-order chi connectivity index (χ1) is 5.08. The largest absolute Gasteiger partial charge is 0.378 e. The Morgan fingerprint density at radius 2 is 2.00 bits per heavy atom. The Morgan fingerprint density at radius 1 is 1.36 bits per heavy atom. The molecule has 0 aromatic carbocycles. The molecular weight excluding hydrogens is 223 g/mol. The van der Waals surface area contributed by atoms with E-state index in [-0.39, 0.29) is 0 Å². The highest BCUT2D eigenvalue weighted by atomic mass is 35.8. The van der Waals surface area contributed by atoms with E-state index in [1.54, 1.807) is 0 Å². The second-order valence-corrected chi connectivity index (χ2v) is 12.1. The van der Waals surface area contributed by atoms with E-state index in [4.69, 9.17) is 38.0 Å². The molecule has 0 amide bonds. The van der Waals surface area contributed by atoms with E-state index in [2.05, 4.69) is 0 Å². The molecule has 1 atom stereocenters. The first-order valence-electron chi connectivity index (χ1n) is 3.76. The van der Waals surface area contributed by atoms with E-state index >= 15 is 0 Å². The Hall–Kier alpha value is 1.05. The van der Waals surface area contributed by atoms with Gasteiger partial charge >= 0.3 is 6.00 Å². The van der Waals surface area contributed by atoms with Crippen LogP contribution in [0.2, 0.25) is 6.04 Å². The lowest BCUT2D eigenvalue weighted by Crippen LogP contribution is -2.26. The molecule has 1 aliphatic rings. The molecule has 66 valence electrons. The van der Waals surface area contributed by atoms with Gasteiger partial charge in [0.1, 0.15) is 0 Å². The molecule has 0 radical (unpaired) electrons. The van der Waals surface area contributed by atoms with Crippen molar-refractivity contribution in [1.82, 2.24) is 0 Å². The zero-order chi connectivity index (χ0) is 8.32. The minimum absolute atomic E-state index is 0.455. The van der Waals surface area contributed by atoms with Crippen LogP contribution in [0, 0.1) is 0 Å². The summed E-state index contributed by atoms with van der Waals surface area (Å²) in [7, 11) is 0. The van der Waals surface area contributed by atoms with Crippen molar-refractivity contribution in [3.8, 4) is 0 Å². The summed E-state index contributed by atoms with van der Waals surface area (Å²) in [5.74, 6) is 0. The van der Waals surface area contributed by atoms with Gasteiger partial charge in [0.25, 0.3) is 0 Å². The summed E-state index contributed by atoms with van der Waals surface area (Å²) < 4.78 is 5.23. The average Bonchev–Trinajstić information content (AvgIpc) is 1.73. The molecule has 5 heteroatoms. The predicted octanol–water partition coefficient (Wildman–Crippen LogP) is 3.21. The number of hydrogen-bond donors (Lipinski definition) is 0. The average molecular weight is 234 g/mol. The molecule has 1 nitrogen and oxygen atoms in total. The zero-order valence-electron chi connectivity index (χ0n) is 6.16. The van der Waals surface area contributed by atoms with Gasteiger partial charge in [-0.25, -0.2) is 0 Å². The quantitative estimate of drug-likeness (QED) is 0.535. The Labute approximate surface area is 82.1 Å². The fourth-order valence-electron chi connectivity index (χ4n) is 1.04. The third-order valence-corrected chi connectivity index (χ3v) is 4.40. The van der Waals surface area contributed by atoms with Gasteiger partial charge in [-0.2, -0.15) is 0 Å². The molecule has 0 aromatic rings. The molecule has 1 aliphatic heterocycles. The van der Waals surface area contributed by atoms with Crippen molar-refractivity contribution in [2.45, 2.75) is 31.4 Å². The van der Waals surface area contributed by atoms with Gasteiger partial charge in [0, 0.05) is 6.61 Å². The van der Waals surface area contributed by atoms with Crippen LogP contribution in [0.1, 0.15) is 19.3 Å². The van der Waals surface area contributed by atoms with Crippen molar-refractivity contribution < 1.29 is 4.74 Å². The van der Waals surface area contributed by atoms with Gasteiger partial charge in [0.15, 0.2) is 0 Å². The molecule has 0 spiro atoms. The molecule has 1 unspecified atom stereocenters. The molecule has 0 aliphatic carbocycles. The topological polar surface area (TPSA) is 9.23 Å². The van der Waals surface area contributed by atoms with E-state index in [0.717, 1.165) is 25.5 Å². The summed E-state index contributed by atoms with van der Waals surface area (Å²) in [6, 6.07) is -1.59. The normalized spacial score (nSPS) is 24.8. The van der Waals surface area contributed by atoms with Crippen molar-refractivity contribution in [2.75, 3.05) is 6.61 Å². The van der Waals surface area contributed by atoms with E-state index in [1.807, 2.05) is 0 Å². The second kappa shape index (κ2) is 4.33. The maximum absolute atomic E-state index is 5.71. The molecule has 1 fully saturated rings. The first-order valence-corrected chi connectivity index (χ1v) is 9.00. The van der Waals surface area contributed by atoms with Crippen LogP contribution < -0.4 is 0 Å². The van der Waals surface area contributed by atoms with Crippen molar-refractivity contribution in [1.29, 1.82) is 0 Å². The summed E-state index contributed by atoms with van der Waals surface area (Å²) in [5, 5.41) is 0. The molecule has 0 N–H and O–H groups in total. The highest BCUT2D eigenvalue weighted by Crippen LogP contribution is 2.28. The molecule has 1 heterocycles.